The molecule has 0 bridgehead atoms. The van der Waals surface area contributed by atoms with Gasteiger partial charge in [-0.3, -0.25) is 4.79 Å². The average Bonchev–Trinajstić information content (AvgIpc) is 2.28. The van der Waals surface area contributed by atoms with Crippen LogP contribution in [0.3, 0.4) is 0 Å². The van der Waals surface area contributed by atoms with E-state index in [2.05, 4.69) is 0 Å². The van der Waals surface area contributed by atoms with Gasteiger partial charge < -0.3 is 10.2 Å². The topological polar surface area (TPSA) is 57.5 Å². The van der Waals surface area contributed by atoms with Crippen molar-refractivity contribution in [3.63, 3.8) is 0 Å². The summed E-state index contributed by atoms with van der Waals surface area (Å²) in [6.07, 6.45) is 0. The van der Waals surface area contributed by atoms with Crippen LogP contribution in [0.4, 0.5) is 0 Å². The SMILES string of the molecule is Cc1cc(O)c(C(=O)c2ccccc2)c(O)c1. The summed E-state index contributed by atoms with van der Waals surface area (Å²) in [5.74, 6) is -0.784. The number of aromatic hydroxyl groups is 2. The van der Waals surface area contributed by atoms with E-state index in [9.17, 15) is 15.0 Å². The van der Waals surface area contributed by atoms with Crippen LogP contribution < -0.4 is 0 Å². The molecule has 2 rings (SSSR count). The summed E-state index contributed by atoms with van der Waals surface area (Å²) in [7, 11) is 0. The number of phenolic OH excluding ortho intramolecular Hbond substituents is 2. The highest BCUT2D eigenvalue weighted by Crippen LogP contribution is 2.30. The molecule has 2 aromatic carbocycles. The van der Waals surface area contributed by atoms with Crippen LogP contribution in [0.2, 0.25) is 0 Å². The molecule has 0 aromatic heterocycles. The van der Waals surface area contributed by atoms with Gasteiger partial charge in [-0.15, -0.1) is 0 Å². The normalized spacial score (nSPS) is 10.2. The molecule has 0 spiro atoms. The van der Waals surface area contributed by atoms with E-state index in [4.69, 9.17) is 0 Å². The summed E-state index contributed by atoms with van der Waals surface area (Å²) in [4.78, 5) is 12.1. The Bertz CT molecular complexity index is 536. The number of phenols is 2. The zero-order valence-corrected chi connectivity index (χ0v) is 9.34. The van der Waals surface area contributed by atoms with Gasteiger partial charge in [-0.05, 0) is 24.6 Å². The number of ketones is 1. The summed E-state index contributed by atoms with van der Waals surface area (Å²) in [6.45, 7) is 1.73. The monoisotopic (exact) mass is 228 g/mol. The van der Waals surface area contributed by atoms with E-state index in [1.54, 1.807) is 37.3 Å². The molecule has 0 aliphatic rings. The molecule has 0 aliphatic heterocycles. The van der Waals surface area contributed by atoms with Crippen molar-refractivity contribution in [3.05, 3.63) is 59.2 Å². The molecule has 0 aliphatic carbocycles. The molecule has 0 unspecified atom stereocenters. The van der Waals surface area contributed by atoms with E-state index in [0.717, 1.165) is 0 Å². The van der Waals surface area contributed by atoms with Crippen LogP contribution in [-0.2, 0) is 0 Å². The summed E-state index contributed by atoms with van der Waals surface area (Å²) in [5.41, 5.74) is 1.08. The first-order chi connectivity index (χ1) is 8.09. The van der Waals surface area contributed by atoms with Crippen LogP contribution >= 0.6 is 0 Å². The van der Waals surface area contributed by atoms with Gasteiger partial charge in [0.15, 0.2) is 5.78 Å². The summed E-state index contributed by atoms with van der Waals surface area (Å²) in [5, 5.41) is 19.4. The fourth-order valence-electron chi connectivity index (χ4n) is 1.72. The van der Waals surface area contributed by atoms with Crippen molar-refractivity contribution in [3.8, 4) is 11.5 Å². The van der Waals surface area contributed by atoms with Crippen molar-refractivity contribution in [2.45, 2.75) is 6.92 Å². The number of hydrogen-bond donors (Lipinski definition) is 2. The Kier molecular flexibility index (Phi) is 2.83. The van der Waals surface area contributed by atoms with Crippen LogP contribution in [0, 0.1) is 6.92 Å². The zero-order chi connectivity index (χ0) is 12.4. The van der Waals surface area contributed by atoms with Gasteiger partial charge in [0.1, 0.15) is 17.1 Å². The lowest BCUT2D eigenvalue weighted by Crippen LogP contribution is -2.02. The van der Waals surface area contributed by atoms with Gasteiger partial charge >= 0.3 is 0 Å². The number of rotatable bonds is 2. The van der Waals surface area contributed by atoms with Crippen molar-refractivity contribution < 1.29 is 15.0 Å². The lowest BCUT2D eigenvalue weighted by atomic mass is 10.00. The first-order valence-corrected chi connectivity index (χ1v) is 5.22. The van der Waals surface area contributed by atoms with Crippen LogP contribution in [0.5, 0.6) is 11.5 Å². The van der Waals surface area contributed by atoms with Crippen LogP contribution in [0.1, 0.15) is 21.5 Å². The minimum Gasteiger partial charge on any atom is -0.507 e. The maximum absolute atomic E-state index is 12.1. The minimum absolute atomic E-state index is 0.0539. The number of hydrogen-bond acceptors (Lipinski definition) is 3. The van der Waals surface area contributed by atoms with Gasteiger partial charge in [0.25, 0.3) is 0 Å². The molecule has 0 fully saturated rings. The first kappa shape index (κ1) is 11.2. The van der Waals surface area contributed by atoms with Crippen molar-refractivity contribution in [2.24, 2.45) is 0 Å². The standard InChI is InChI=1S/C14H12O3/c1-9-7-11(15)13(12(16)8-9)14(17)10-5-3-2-4-6-10/h2-8,15-16H,1H3. The van der Waals surface area contributed by atoms with Crippen molar-refractivity contribution >= 4 is 5.78 Å². The highest BCUT2D eigenvalue weighted by Gasteiger charge is 2.18. The smallest absolute Gasteiger partial charge is 0.200 e. The van der Waals surface area contributed by atoms with E-state index in [1.165, 1.54) is 12.1 Å². The van der Waals surface area contributed by atoms with Crippen LogP contribution in [0.15, 0.2) is 42.5 Å². The molecule has 2 N–H and O–H groups in total. The predicted molar refractivity (Wildman–Crippen MR) is 64.4 cm³/mol. The van der Waals surface area contributed by atoms with Crippen LogP contribution in [0.25, 0.3) is 0 Å². The third kappa shape index (κ3) is 2.13. The van der Waals surface area contributed by atoms with E-state index >= 15 is 0 Å². The maximum atomic E-state index is 12.1. The molecule has 0 radical (unpaired) electrons. The number of carbonyl (C=O) groups is 1. The summed E-state index contributed by atoms with van der Waals surface area (Å²) < 4.78 is 0. The first-order valence-electron chi connectivity index (χ1n) is 5.22. The Balaban J connectivity index is 2.52. The fourth-order valence-corrected chi connectivity index (χ4v) is 1.72. The average molecular weight is 228 g/mol. The Morgan fingerprint density at radius 2 is 1.53 bits per heavy atom. The molecular weight excluding hydrogens is 216 g/mol. The van der Waals surface area contributed by atoms with Gasteiger partial charge in [-0.2, -0.15) is 0 Å². The second-order valence-electron chi connectivity index (χ2n) is 3.87. The number of benzene rings is 2. The van der Waals surface area contributed by atoms with Gasteiger partial charge in [0.2, 0.25) is 0 Å². The van der Waals surface area contributed by atoms with Gasteiger partial charge in [0, 0.05) is 5.56 Å². The third-order valence-electron chi connectivity index (χ3n) is 2.50. The molecule has 3 heteroatoms. The molecule has 0 amide bonds. The number of aryl methyl sites for hydroxylation is 1. The molecule has 0 atom stereocenters. The molecule has 86 valence electrons. The largest absolute Gasteiger partial charge is 0.507 e. The Morgan fingerprint density at radius 1 is 1.00 bits per heavy atom. The van der Waals surface area contributed by atoms with Crippen molar-refractivity contribution in [2.75, 3.05) is 0 Å². The Labute approximate surface area is 99.0 Å². The molecule has 0 saturated heterocycles. The van der Waals surface area contributed by atoms with E-state index in [0.29, 0.717) is 11.1 Å². The van der Waals surface area contributed by atoms with E-state index in [-0.39, 0.29) is 22.8 Å². The predicted octanol–water partition coefficient (Wildman–Crippen LogP) is 2.64. The van der Waals surface area contributed by atoms with E-state index < -0.39 is 0 Å². The summed E-state index contributed by atoms with van der Waals surface area (Å²) >= 11 is 0. The summed E-state index contributed by atoms with van der Waals surface area (Å²) in [6, 6.07) is 11.4. The molecule has 2 aromatic rings. The molecule has 3 nitrogen and oxygen atoms in total. The fraction of sp³-hybridized carbons (Fsp3) is 0.0714. The molecule has 17 heavy (non-hydrogen) atoms. The molecular formula is C14H12O3. The Morgan fingerprint density at radius 3 is 2.06 bits per heavy atom. The van der Waals surface area contributed by atoms with Gasteiger partial charge in [0.05, 0.1) is 0 Å². The highest BCUT2D eigenvalue weighted by molar-refractivity contribution is 6.12. The molecule has 0 saturated carbocycles. The second kappa shape index (κ2) is 4.29. The lowest BCUT2D eigenvalue weighted by Gasteiger charge is -2.07. The quantitative estimate of drug-likeness (QED) is 0.777. The maximum Gasteiger partial charge on any atom is 0.200 e. The number of carbonyl (C=O) groups excluding carboxylic acids is 1. The van der Waals surface area contributed by atoms with Gasteiger partial charge in [-0.25, -0.2) is 0 Å². The zero-order valence-electron chi connectivity index (χ0n) is 9.34. The lowest BCUT2D eigenvalue weighted by molar-refractivity contribution is 0.103. The van der Waals surface area contributed by atoms with Gasteiger partial charge in [-0.1, -0.05) is 30.3 Å². The van der Waals surface area contributed by atoms with Crippen LogP contribution in [-0.4, -0.2) is 16.0 Å². The minimum atomic E-state index is -0.388. The highest BCUT2D eigenvalue weighted by atomic mass is 16.3. The van der Waals surface area contributed by atoms with E-state index in [1.807, 2.05) is 0 Å². The second-order valence-corrected chi connectivity index (χ2v) is 3.87. The third-order valence-corrected chi connectivity index (χ3v) is 2.50. The van der Waals surface area contributed by atoms with Crippen molar-refractivity contribution in [1.82, 2.24) is 0 Å². The Hall–Kier alpha value is -2.29. The molecule has 0 heterocycles. The van der Waals surface area contributed by atoms with Crippen molar-refractivity contribution in [1.29, 1.82) is 0 Å².